The molecule has 0 amide bonds. The first-order valence-corrected chi connectivity index (χ1v) is 6.04. The summed E-state index contributed by atoms with van der Waals surface area (Å²) in [4.78, 5) is 0. The number of fused-ring (bicyclic) bond motifs is 1. The molecule has 16 heavy (non-hydrogen) atoms. The maximum Gasteiger partial charge on any atom is 0.111 e. The maximum atomic E-state index is 5.65. The molecule has 1 aliphatic rings. The quantitative estimate of drug-likeness (QED) is 0.587. The van der Waals surface area contributed by atoms with Crippen molar-refractivity contribution in [2.45, 2.75) is 46.5 Å². The lowest BCUT2D eigenvalue weighted by Gasteiger charge is -2.07. The van der Waals surface area contributed by atoms with Gasteiger partial charge in [-0.15, -0.1) is 0 Å². The Morgan fingerprint density at radius 3 is 2.69 bits per heavy atom. The summed E-state index contributed by atoms with van der Waals surface area (Å²) in [6, 6.07) is 0. The molecule has 0 spiro atoms. The Balaban J connectivity index is 2.36. The zero-order chi connectivity index (χ0) is 11.5. The normalized spacial score (nSPS) is 20.7. The summed E-state index contributed by atoms with van der Waals surface area (Å²) in [5, 5.41) is 0. The smallest absolute Gasteiger partial charge is 0.111 e. The van der Waals surface area contributed by atoms with Crippen molar-refractivity contribution in [1.82, 2.24) is 0 Å². The van der Waals surface area contributed by atoms with E-state index in [1.165, 1.54) is 28.7 Å². The van der Waals surface area contributed by atoms with Gasteiger partial charge in [0, 0.05) is 12.0 Å². The first kappa shape index (κ1) is 11.3. The lowest BCUT2D eigenvalue weighted by atomic mass is 9.98. The van der Waals surface area contributed by atoms with Gasteiger partial charge in [-0.05, 0) is 45.6 Å². The van der Waals surface area contributed by atoms with Crippen molar-refractivity contribution in [2.24, 2.45) is 0 Å². The third-order valence-electron chi connectivity index (χ3n) is 3.32. The van der Waals surface area contributed by atoms with Gasteiger partial charge in [0.25, 0.3) is 0 Å². The third kappa shape index (κ3) is 2.46. The predicted octanol–water partition coefficient (Wildman–Crippen LogP) is 4.36. The highest BCUT2D eigenvalue weighted by Gasteiger charge is 2.11. The SMILES string of the molecule is CC1=CCC/C(C)=C/Cc2c(C)coc2C1. The number of hydrogen-bond acceptors (Lipinski definition) is 1. The monoisotopic (exact) mass is 216 g/mol. The molecule has 0 fully saturated rings. The molecule has 1 aromatic rings. The summed E-state index contributed by atoms with van der Waals surface area (Å²) in [6.45, 7) is 6.55. The molecule has 2 rings (SSSR count). The van der Waals surface area contributed by atoms with Gasteiger partial charge in [0.1, 0.15) is 5.76 Å². The van der Waals surface area contributed by atoms with E-state index in [1.807, 2.05) is 6.26 Å². The Morgan fingerprint density at radius 2 is 1.88 bits per heavy atom. The Hall–Kier alpha value is -1.24. The number of aryl methyl sites for hydroxylation is 1. The summed E-state index contributed by atoms with van der Waals surface area (Å²) >= 11 is 0. The Morgan fingerprint density at radius 1 is 1.06 bits per heavy atom. The van der Waals surface area contributed by atoms with Gasteiger partial charge in [0.2, 0.25) is 0 Å². The van der Waals surface area contributed by atoms with Crippen molar-refractivity contribution in [3.05, 3.63) is 46.4 Å². The number of allylic oxidation sites excluding steroid dienone is 4. The fourth-order valence-electron chi connectivity index (χ4n) is 2.19. The molecule has 0 unspecified atom stereocenters. The van der Waals surface area contributed by atoms with Crippen molar-refractivity contribution in [3.63, 3.8) is 0 Å². The standard InChI is InChI=1S/C15H20O/c1-11-5-4-6-12(2)9-15-14(8-7-11)13(3)10-16-15/h6-7,10H,4-5,8-9H2,1-3H3/b11-7+,12-6?. The largest absolute Gasteiger partial charge is 0.468 e. The van der Waals surface area contributed by atoms with E-state index in [0.717, 1.165) is 25.0 Å². The van der Waals surface area contributed by atoms with E-state index >= 15 is 0 Å². The number of furan rings is 1. The average Bonchev–Trinajstić information content (AvgIpc) is 2.57. The van der Waals surface area contributed by atoms with Crippen molar-refractivity contribution < 1.29 is 4.42 Å². The minimum atomic E-state index is 0.968. The van der Waals surface area contributed by atoms with Crippen LogP contribution < -0.4 is 0 Å². The van der Waals surface area contributed by atoms with Crippen LogP contribution in [0.4, 0.5) is 0 Å². The molecule has 0 aliphatic heterocycles. The highest BCUT2D eigenvalue weighted by Crippen LogP contribution is 2.23. The van der Waals surface area contributed by atoms with E-state index in [1.54, 1.807) is 0 Å². The van der Waals surface area contributed by atoms with Crippen molar-refractivity contribution in [1.29, 1.82) is 0 Å². The zero-order valence-electron chi connectivity index (χ0n) is 10.5. The summed E-state index contributed by atoms with van der Waals surface area (Å²) in [5.41, 5.74) is 5.57. The van der Waals surface area contributed by atoms with Crippen LogP contribution in [-0.2, 0) is 12.8 Å². The molecular weight excluding hydrogens is 196 g/mol. The minimum absolute atomic E-state index is 0.968. The highest BCUT2D eigenvalue weighted by molar-refractivity contribution is 5.32. The van der Waals surface area contributed by atoms with Crippen LogP contribution >= 0.6 is 0 Å². The molecule has 86 valence electrons. The second-order valence-corrected chi connectivity index (χ2v) is 4.84. The van der Waals surface area contributed by atoms with Gasteiger partial charge in [0.05, 0.1) is 6.26 Å². The first-order chi connectivity index (χ1) is 7.66. The molecule has 0 radical (unpaired) electrons. The van der Waals surface area contributed by atoms with E-state index in [-0.39, 0.29) is 0 Å². The van der Waals surface area contributed by atoms with Crippen LogP contribution in [0.2, 0.25) is 0 Å². The highest BCUT2D eigenvalue weighted by atomic mass is 16.3. The van der Waals surface area contributed by atoms with Gasteiger partial charge in [-0.2, -0.15) is 0 Å². The lowest BCUT2D eigenvalue weighted by molar-refractivity contribution is 0.514. The summed E-state index contributed by atoms with van der Waals surface area (Å²) < 4.78 is 5.65. The first-order valence-electron chi connectivity index (χ1n) is 6.04. The van der Waals surface area contributed by atoms with Crippen LogP contribution in [0.25, 0.3) is 0 Å². The molecule has 1 aromatic heterocycles. The minimum Gasteiger partial charge on any atom is -0.468 e. The van der Waals surface area contributed by atoms with Gasteiger partial charge in [-0.1, -0.05) is 23.3 Å². The fraction of sp³-hybridized carbons (Fsp3) is 0.467. The molecule has 0 saturated carbocycles. The second-order valence-electron chi connectivity index (χ2n) is 4.84. The summed E-state index contributed by atoms with van der Waals surface area (Å²) in [5.74, 6) is 1.15. The average molecular weight is 216 g/mol. The molecule has 0 atom stereocenters. The van der Waals surface area contributed by atoms with Gasteiger partial charge >= 0.3 is 0 Å². The van der Waals surface area contributed by atoms with Crippen molar-refractivity contribution in [2.75, 3.05) is 0 Å². The van der Waals surface area contributed by atoms with Crippen molar-refractivity contribution in [3.8, 4) is 0 Å². The van der Waals surface area contributed by atoms with E-state index in [2.05, 4.69) is 32.9 Å². The summed E-state index contributed by atoms with van der Waals surface area (Å²) in [7, 11) is 0. The third-order valence-corrected chi connectivity index (χ3v) is 3.32. The van der Waals surface area contributed by atoms with Gasteiger partial charge < -0.3 is 4.42 Å². The van der Waals surface area contributed by atoms with E-state index in [9.17, 15) is 0 Å². The molecule has 0 saturated heterocycles. The fourth-order valence-corrected chi connectivity index (χ4v) is 2.19. The van der Waals surface area contributed by atoms with Crippen LogP contribution in [0.15, 0.2) is 34.0 Å². The molecule has 1 heterocycles. The topological polar surface area (TPSA) is 13.1 Å². The lowest BCUT2D eigenvalue weighted by Crippen LogP contribution is -1.95. The molecule has 1 nitrogen and oxygen atoms in total. The molecule has 0 aromatic carbocycles. The Bertz CT molecular complexity index is 432. The van der Waals surface area contributed by atoms with E-state index in [0.29, 0.717) is 0 Å². The van der Waals surface area contributed by atoms with Gasteiger partial charge in [-0.3, -0.25) is 0 Å². The molecular formula is C15H20O. The number of hydrogen-bond donors (Lipinski definition) is 0. The van der Waals surface area contributed by atoms with E-state index in [4.69, 9.17) is 4.42 Å². The van der Waals surface area contributed by atoms with Crippen LogP contribution in [0, 0.1) is 6.92 Å². The predicted molar refractivity (Wildman–Crippen MR) is 67.6 cm³/mol. The molecule has 1 heteroatoms. The molecule has 1 aliphatic carbocycles. The summed E-state index contributed by atoms with van der Waals surface area (Å²) in [6.07, 6.45) is 10.9. The zero-order valence-corrected chi connectivity index (χ0v) is 10.5. The van der Waals surface area contributed by atoms with Crippen LogP contribution in [0.3, 0.4) is 0 Å². The van der Waals surface area contributed by atoms with E-state index < -0.39 is 0 Å². The maximum absolute atomic E-state index is 5.65. The number of rotatable bonds is 0. The Kier molecular flexibility index (Phi) is 3.33. The second kappa shape index (κ2) is 4.73. The van der Waals surface area contributed by atoms with Gasteiger partial charge in [-0.25, -0.2) is 0 Å². The van der Waals surface area contributed by atoms with Crippen LogP contribution in [-0.4, -0.2) is 0 Å². The molecule has 0 bridgehead atoms. The van der Waals surface area contributed by atoms with Crippen LogP contribution in [0.5, 0.6) is 0 Å². The van der Waals surface area contributed by atoms with Crippen molar-refractivity contribution >= 4 is 0 Å². The Labute approximate surface area is 97.9 Å². The van der Waals surface area contributed by atoms with Crippen LogP contribution in [0.1, 0.15) is 43.6 Å². The van der Waals surface area contributed by atoms with Gasteiger partial charge in [0.15, 0.2) is 0 Å². The molecule has 0 N–H and O–H groups in total.